The van der Waals surface area contributed by atoms with Crippen LogP contribution in [0.4, 0.5) is 0 Å². The third-order valence-electron chi connectivity index (χ3n) is 5.71. The van der Waals surface area contributed by atoms with Gasteiger partial charge >= 0.3 is 0 Å². The van der Waals surface area contributed by atoms with E-state index in [0.717, 1.165) is 16.7 Å². The Morgan fingerprint density at radius 2 is 1.67 bits per heavy atom. The van der Waals surface area contributed by atoms with Gasteiger partial charge in [-0.3, -0.25) is 4.79 Å². The normalized spacial score (nSPS) is 20.2. The Balaban J connectivity index is 1.77. The number of sulfonamides is 1. The Bertz CT molecular complexity index is 1250. The van der Waals surface area contributed by atoms with E-state index in [2.05, 4.69) is 10.8 Å². The van der Waals surface area contributed by atoms with Gasteiger partial charge in [-0.2, -0.15) is 5.26 Å². The molecule has 0 spiro atoms. The lowest BCUT2D eigenvalue weighted by molar-refractivity contribution is -0.128. The molecule has 5 nitrogen and oxygen atoms in total. The summed E-state index contributed by atoms with van der Waals surface area (Å²) in [5.74, 6) is -0.928. The number of amides is 1. The van der Waals surface area contributed by atoms with Gasteiger partial charge in [0, 0.05) is 5.92 Å². The maximum Gasteiger partial charge on any atom is 0.264 e. The molecule has 0 aliphatic heterocycles. The van der Waals surface area contributed by atoms with Crippen LogP contribution in [0.1, 0.15) is 35.1 Å². The van der Waals surface area contributed by atoms with Crippen LogP contribution < -0.4 is 4.72 Å². The van der Waals surface area contributed by atoms with Gasteiger partial charge in [0.05, 0.1) is 21.9 Å². The SMILES string of the molecule is CC1(C(=O)NS(=O)(=O)c2ccccc2)Cc2ccc(C#N)cc2C1c1ccccc1. The van der Waals surface area contributed by atoms with E-state index in [0.29, 0.717) is 12.0 Å². The van der Waals surface area contributed by atoms with Crippen LogP contribution >= 0.6 is 0 Å². The van der Waals surface area contributed by atoms with Crippen molar-refractivity contribution in [2.75, 3.05) is 0 Å². The number of rotatable bonds is 4. The summed E-state index contributed by atoms with van der Waals surface area (Å²) in [5.41, 5.74) is 2.21. The van der Waals surface area contributed by atoms with Crippen LogP contribution in [0.15, 0.2) is 83.8 Å². The first-order chi connectivity index (χ1) is 14.3. The lowest BCUT2D eigenvalue weighted by Crippen LogP contribution is -2.44. The summed E-state index contributed by atoms with van der Waals surface area (Å²) in [6.45, 7) is 1.78. The van der Waals surface area contributed by atoms with Gasteiger partial charge in [0.25, 0.3) is 10.0 Å². The van der Waals surface area contributed by atoms with Crippen molar-refractivity contribution in [3.63, 3.8) is 0 Å². The van der Waals surface area contributed by atoms with Crippen molar-refractivity contribution >= 4 is 15.9 Å². The number of nitrogens with one attached hydrogen (secondary N) is 1. The Kier molecular flexibility index (Phi) is 4.92. The van der Waals surface area contributed by atoms with Gasteiger partial charge in [-0.1, -0.05) is 54.6 Å². The lowest BCUT2D eigenvalue weighted by atomic mass is 9.73. The summed E-state index contributed by atoms with van der Waals surface area (Å²) < 4.78 is 27.9. The molecule has 0 heterocycles. The highest BCUT2D eigenvalue weighted by molar-refractivity contribution is 7.90. The van der Waals surface area contributed by atoms with Crippen molar-refractivity contribution in [1.82, 2.24) is 4.72 Å². The van der Waals surface area contributed by atoms with E-state index in [-0.39, 0.29) is 10.8 Å². The van der Waals surface area contributed by atoms with Crippen molar-refractivity contribution in [2.45, 2.75) is 24.2 Å². The van der Waals surface area contributed by atoms with Gasteiger partial charge in [-0.25, -0.2) is 13.1 Å². The number of hydrogen-bond donors (Lipinski definition) is 1. The predicted molar refractivity (Wildman–Crippen MR) is 113 cm³/mol. The molecule has 150 valence electrons. The third-order valence-corrected chi connectivity index (χ3v) is 7.06. The van der Waals surface area contributed by atoms with Crippen molar-refractivity contribution in [3.8, 4) is 6.07 Å². The van der Waals surface area contributed by atoms with Crippen LogP contribution in [-0.4, -0.2) is 14.3 Å². The number of nitrogens with zero attached hydrogens (tertiary/aromatic N) is 1. The molecule has 1 amide bonds. The van der Waals surface area contributed by atoms with Crippen LogP contribution in [0.25, 0.3) is 0 Å². The first kappa shape index (κ1) is 19.9. The number of carbonyl (C=O) groups is 1. The Hall–Kier alpha value is -3.43. The van der Waals surface area contributed by atoms with E-state index in [1.165, 1.54) is 12.1 Å². The van der Waals surface area contributed by atoms with E-state index in [1.807, 2.05) is 36.4 Å². The van der Waals surface area contributed by atoms with Crippen molar-refractivity contribution in [1.29, 1.82) is 5.26 Å². The van der Waals surface area contributed by atoms with Crippen LogP contribution in [-0.2, 0) is 21.2 Å². The summed E-state index contributed by atoms with van der Waals surface area (Å²) in [7, 11) is -3.99. The molecule has 4 rings (SSSR count). The van der Waals surface area contributed by atoms with Crippen molar-refractivity contribution < 1.29 is 13.2 Å². The highest BCUT2D eigenvalue weighted by Gasteiger charge is 2.49. The van der Waals surface area contributed by atoms with E-state index in [1.54, 1.807) is 37.3 Å². The zero-order valence-electron chi connectivity index (χ0n) is 16.4. The molecule has 0 fully saturated rings. The minimum Gasteiger partial charge on any atom is -0.273 e. The minimum atomic E-state index is -3.99. The molecule has 0 radical (unpaired) electrons. The summed E-state index contributed by atoms with van der Waals surface area (Å²) in [4.78, 5) is 13.4. The lowest BCUT2D eigenvalue weighted by Gasteiger charge is -2.31. The smallest absolute Gasteiger partial charge is 0.264 e. The third kappa shape index (κ3) is 3.38. The Morgan fingerprint density at radius 1 is 1.03 bits per heavy atom. The molecule has 0 bridgehead atoms. The van der Waals surface area contributed by atoms with E-state index in [4.69, 9.17) is 0 Å². The molecular weight excluding hydrogens is 396 g/mol. The monoisotopic (exact) mass is 416 g/mol. The van der Waals surface area contributed by atoms with Crippen molar-refractivity contribution in [3.05, 3.63) is 101 Å². The fourth-order valence-electron chi connectivity index (χ4n) is 4.24. The fraction of sp³-hybridized carbons (Fsp3) is 0.167. The second-order valence-corrected chi connectivity index (χ2v) is 9.39. The molecule has 1 aliphatic rings. The molecular formula is C24H20N2O3S. The first-order valence-corrected chi connectivity index (χ1v) is 11.0. The van der Waals surface area contributed by atoms with Gasteiger partial charge in [-0.05, 0) is 54.3 Å². The van der Waals surface area contributed by atoms with Crippen LogP contribution in [0.5, 0.6) is 0 Å². The Labute approximate surface area is 176 Å². The van der Waals surface area contributed by atoms with Crippen LogP contribution in [0.2, 0.25) is 0 Å². The summed E-state index contributed by atoms with van der Waals surface area (Å²) in [6.07, 6.45) is 0.379. The fourth-order valence-corrected chi connectivity index (χ4v) is 5.35. The zero-order chi connectivity index (χ0) is 21.4. The average molecular weight is 417 g/mol. The maximum atomic E-state index is 13.4. The molecule has 30 heavy (non-hydrogen) atoms. The summed E-state index contributed by atoms with van der Waals surface area (Å²) in [5, 5.41) is 9.34. The zero-order valence-corrected chi connectivity index (χ0v) is 17.2. The second kappa shape index (κ2) is 7.43. The predicted octanol–water partition coefficient (Wildman–Crippen LogP) is 3.76. The first-order valence-electron chi connectivity index (χ1n) is 9.55. The highest BCUT2D eigenvalue weighted by Crippen LogP contribution is 2.51. The largest absolute Gasteiger partial charge is 0.273 e. The van der Waals surface area contributed by atoms with Gasteiger partial charge in [0.2, 0.25) is 5.91 Å². The maximum absolute atomic E-state index is 13.4. The second-order valence-electron chi connectivity index (χ2n) is 7.71. The molecule has 6 heteroatoms. The number of benzene rings is 3. The average Bonchev–Trinajstić information content (AvgIpc) is 3.07. The topological polar surface area (TPSA) is 87.0 Å². The van der Waals surface area contributed by atoms with Gasteiger partial charge in [0.15, 0.2) is 0 Å². The number of nitriles is 1. The van der Waals surface area contributed by atoms with Gasteiger partial charge < -0.3 is 0 Å². The standard InChI is InChI=1S/C24H20N2O3S/c1-24(23(27)26-30(28,29)20-10-6-3-7-11-20)15-19-13-12-17(16-25)14-21(19)22(24)18-8-4-2-5-9-18/h2-14,22H,15H2,1H3,(H,26,27). The highest BCUT2D eigenvalue weighted by atomic mass is 32.2. The van der Waals surface area contributed by atoms with E-state index < -0.39 is 21.3 Å². The molecule has 0 aromatic heterocycles. The number of hydrogen-bond acceptors (Lipinski definition) is 4. The number of fused-ring (bicyclic) bond motifs is 1. The molecule has 0 saturated carbocycles. The van der Waals surface area contributed by atoms with Crippen molar-refractivity contribution in [2.24, 2.45) is 5.41 Å². The molecule has 2 atom stereocenters. The minimum absolute atomic E-state index is 0.0421. The number of carbonyl (C=O) groups excluding carboxylic acids is 1. The molecule has 1 aliphatic carbocycles. The van der Waals surface area contributed by atoms with E-state index >= 15 is 0 Å². The summed E-state index contributed by atoms with van der Waals surface area (Å²) >= 11 is 0. The van der Waals surface area contributed by atoms with E-state index in [9.17, 15) is 18.5 Å². The molecule has 2 unspecified atom stereocenters. The molecule has 3 aromatic rings. The van der Waals surface area contributed by atoms with Gasteiger partial charge in [-0.15, -0.1) is 0 Å². The Morgan fingerprint density at radius 3 is 2.30 bits per heavy atom. The van der Waals surface area contributed by atoms with Crippen LogP contribution in [0, 0.1) is 16.7 Å². The van der Waals surface area contributed by atoms with Crippen LogP contribution in [0.3, 0.4) is 0 Å². The molecule has 1 N–H and O–H groups in total. The summed E-state index contributed by atoms with van der Waals surface area (Å²) in [6, 6.07) is 24.9. The molecule has 0 saturated heterocycles. The quantitative estimate of drug-likeness (QED) is 0.702. The molecule has 3 aromatic carbocycles. The van der Waals surface area contributed by atoms with Gasteiger partial charge in [0.1, 0.15) is 0 Å².